The predicted molar refractivity (Wildman–Crippen MR) is 91.1 cm³/mol. The molecular weight excluding hydrogens is 307 g/mol. The van der Waals surface area contributed by atoms with Crippen LogP contribution >= 0.6 is 23.2 Å². The van der Waals surface area contributed by atoms with E-state index in [-0.39, 0.29) is 11.9 Å². The molecule has 0 aromatic heterocycles. The highest BCUT2D eigenvalue weighted by molar-refractivity contribution is 6.43. The van der Waals surface area contributed by atoms with E-state index in [4.69, 9.17) is 28.9 Å². The Bertz CT molecular complexity index is 476. The van der Waals surface area contributed by atoms with Gasteiger partial charge in [-0.1, -0.05) is 50.9 Å². The summed E-state index contributed by atoms with van der Waals surface area (Å²) in [5, 5.41) is 0.611. The first-order chi connectivity index (χ1) is 9.81. The average Bonchev–Trinajstić information content (AvgIpc) is 2.43. The predicted octanol–water partition coefficient (Wildman–Crippen LogP) is 4.86. The molecule has 5 heteroatoms. The van der Waals surface area contributed by atoms with Gasteiger partial charge in [0, 0.05) is 18.2 Å². The number of halogens is 2. The Labute approximate surface area is 137 Å². The van der Waals surface area contributed by atoms with Crippen LogP contribution in [0.1, 0.15) is 50.9 Å². The van der Waals surface area contributed by atoms with Crippen molar-refractivity contribution >= 4 is 34.8 Å². The van der Waals surface area contributed by atoms with Gasteiger partial charge in [-0.25, -0.2) is 0 Å². The molecule has 3 nitrogen and oxygen atoms in total. The molecule has 0 radical (unpaired) electrons. The Kier molecular flexibility index (Phi) is 6.82. The van der Waals surface area contributed by atoms with Crippen LogP contribution in [-0.4, -0.2) is 23.4 Å². The number of carbonyl (C=O) groups is 1. The van der Waals surface area contributed by atoms with E-state index >= 15 is 0 Å². The van der Waals surface area contributed by atoms with Gasteiger partial charge in [0.15, 0.2) is 0 Å². The van der Waals surface area contributed by atoms with Crippen LogP contribution in [-0.2, 0) is 0 Å². The minimum atomic E-state index is -0.0392. The standard InChI is InChI=1S/C16H24Cl2N2O/c1-5-12(6-2)20(9-10(3)4)16(21)11-7-13(17)15(18)14(19)8-11/h7-8,10,12H,5-6,9,19H2,1-4H3. The molecule has 0 aliphatic rings. The normalized spacial score (nSPS) is 11.2. The van der Waals surface area contributed by atoms with Crippen LogP contribution in [0.15, 0.2) is 12.1 Å². The largest absolute Gasteiger partial charge is 0.397 e. The van der Waals surface area contributed by atoms with Gasteiger partial charge >= 0.3 is 0 Å². The lowest BCUT2D eigenvalue weighted by atomic mass is 10.0. The van der Waals surface area contributed by atoms with Crippen molar-refractivity contribution in [3.8, 4) is 0 Å². The first-order valence-corrected chi connectivity index (χ1v) is 8.12. The van der Waals surface area contributed by atoms with Crippen molar-refractivity contribution in [2.75, 3.05) is 12.3 Å². The Hall–Kier alpha value is -0.930. The lowest BCUT2D eigenvalue weighted by molar-refractivity contribution is 0.0640. The lowest BCUT2D eigenvalue weighted by Crippen LogP contribution is -2.42. The highest BCUT2D eigenvalue weighted by atomic mass is 35.5. The fourth-order valence-corrected chi connectivity index (χ4v) is 2.76. The van der Waals surface area contributed by atoms with E-state index < -0.39 is 0 Å². The SMILES string of the molecule is CCC(CC)N(CC(C)C)C(=O)c1cc(N)c(Cl)c(Cl)c1. The van der Waals surface area contributed by atoms with Crippen LogP contribution in [0.4, 0.5) is 5.69 Å². The topological polar surface area (TPSA) is 46.3 Å². The smallest absolute Gasteiger partial charge is 0.254 e. The number of anilines is 1. The van der Waals surface area contributed by atoms with Gasteiger partial charge in [-0.3, -0.25) is 4.79 Å². The number of amides is 1. The second kappa shape index (κ2) is 7.90. The number of hydrogen-bond donors (Lipinski definition) is 1. The monoisotopic (exact) mass is 330 g/mol. The Morgan fingerprint density at radius 1 is 1.24 bits per heavy atom. The third kappa shape index (κ3) is 4.52. The number of nitrogens with two attached hydrogens (primary N) is 1. The van der Waals surface area contributed by atoms with Crippen molar-refractivity contribution in [1.29, 1.82) is 0 Å². The van der Waals surface area contributed by atoms with Crippen molar-refractivity contribution < 1.29 is 4.79 Å². The molecule has 2 N–H and O–H groups in total. The summed E-state index contributed by atoms with van der Waals surface area (Å²) in [5.74, 6) is 0.359. The van der Waals surface area contributed by atoms with Crippen molar-refractivity contribution in [2.24, 2.45) is 5.92 Å². The number of benzene rings is 1. The van der Waals surface area contributed by atoms with E-state index in [2.05, 4.69) is 27.7 Å². The summed E-state index contributed by atoms with van der Waals surface area (Å²) in [6.45, 7) is 9.11. The molecule has 0 unspecified atom stereocenters. The summed E-state index contributed by atoms with van der Waals surface area (Å²) in [6.07, 6.45) is 1.84. The third-order valence-corrected chi connectivity index (χ3v) is 4.33. The zero-order valence-electron chi connectivity index (χ0n) is 13.1. The highest BCUT2D eigenvalue weighted by Crippen LogP contribution is 2.30. The molecule has 21 heavy (non-hydrogen) atoms. The molecule has 0 atom stereocenters. The van der Waals surface area contributed by atoms with Gasteiger partial charge in [0.25, 0.3) is 5.91 Å². The summed E-state index contributed by atoms with van der Waals surface area (Å²) in [6, 6.07) is 3.42. The minimum absolute atomic E-state index is 0.0392. The van der Waals surface area contributed by atoms with Crippen LogP contribution in [0, 0.1) is 5.92 Å². The zero-order valence-corrected chi connectivity index (χ0v) is 14.6. The molecule has 0 fully saturated rings. The summed E-state index contributed by atoms with van der Waals surface area (Å²) >= 11 is 12.0. The van der Waals surface area contributed by atoms with Gasteiger partial charge in [-0.15, -0.1) is 0 Å². The van der Waals surface area contributed by atoms with Crippen molar-refractivity contribution in [2.45, 2.75) is 46.6 Å². The lowest BCUT2D eigenvalue weighted by Gasteiger charge is -2.32. The number of carbonyl (C=O) groups excluding carboxylic acids is 1. The van der Waals surface area contributed by atoms with E-state index in [0.717, 1.165) is 12.8 Å². The molecule has 0 aliphatic carbocycles. The van der Waals surface area contributed by atoms with Crippen molar-refractivity contribution in [3.05, 3.63) is 27.7 Å². The first-order valence-electron chi connectivity index (χ1n) is 7.37. The highest BCUT2D eigenvalue weighted by Gasteiger charge is 2.24. The van der Waals surface area contributed by atoms with Crippen LogP contribution < -0.4 is 5.73 Å². The Morgan fingerprint density at radius 3 is 2.24 bits per heavy atom. The van der Waals surface area contributed by atoms with E-state index in [0.29, 0.717) is 33.8 Å². The van der Waals surface area contributed by atoms with E-state index in [1.54, 1.807) is 12.1 Å². The maximum atomic E-state index is 12.8. The zero-order chi connectivity index (χ0) is 16.2. The number of nitrogens with zero attached hydrogens (tertiary/aromatic N) is 1. The summed E-state index contributed by atoms with van der Waals surface area (Å²) < 4.78 is 0. The number of rotatable bonds is 6. The van der Waals surface area contributed by atoms with Crippen LogP contribution in [0.5, 0.6) is 0 Å². The third-order valence-electron chi connectivity index (χ3n) is 3.51. The maximum Gasteiger partial charge on any atom is 0.254 e. The first kappa shape index (κ1) is 18.1. The van der Waals surface area contributed by atoms with Gasteiger partial charge in [0.05, 0.1) is 15.7 Å². The Balaban J connectivity index is 3.15. The molecule has 1 aromatic carbocycles. The van der Waals surface area contributed by atoms with Gasteiger partial charge < -0.3 is 10.6 Å². The molecule has 118 valence electrons. The van der Waals surface area contributed by atoms with Gasteiger partial charge in [0.2, 0.25) is 0 Å². The number of nitrogen functional groups attached to an aromatic ring is 1. The average molecular weight is 331 g/mol. The van der Waals surface area contributed by atoms with Gasteiger partial charge in [-0.2, -0.15) is 0 Å². The van der Waals surface area contributed by atoms with Crippen LogP contribution in [0.25, 0.3) is 0 Å². The van der Waals surface area contributed by atoms with Gasteiger partial charge in [0.1, 0.15) is 0 Å². The molecule has 0 saturated heterocycles. The van der Waals surface area contributed by atoms with Crippen molar-refractivity contribution in [1.82, 2.24) is 4.90 Å². The summed E-state index contributed by atoms with van der Waals surface area (Å²) in [5.41, 5.74) is 6.64. The van der Waals surface area contributed by atoms with Crippen LogP contribution in [0.2, 0.25) is 10.0 Å². The van der Waals surface area contributed by atoms with Gasteiger partial charge in [-0.05, 0) is 30.9 Å². The van der Waals surface area contributed by atoms with E-state index in [9.17, 15) is 4.79 Å². The number of hydrogen-bond acceptors (Lipinski definition) is 2. The fourth-order valence-electron chi connectivity index (χ4n) is 2.42. The molecule has 1 rings (SSSR count). The second-order valence-electron chi connectivity index (χ2n) is 5.68. The van der Waals surface area contributed by atoms with E-state index in [1.807, 2.05) is 4.90 Å². The molecule has 0 spiro atoms. The van der Waals surface area contributed by atoms with Crippen LogP contribution in [0.3, 0.4) is 0 Å². The summed E-state index contributed by atoms with van der Waals surface area (Å²) in [4.78, 5) is 14.7. The van der Waals surface area contributed by atoms with Crippen molar-refractivity contribution in [3.63, 3.8) is 0 Å². The molecule has 1 amide bonds. The molecule has 0 aliphatic heterocycles. The second-order valence-corrected chi connectivity index (χ2v) is 6.47. The molecular formula is C16H24Cl2N2O. The minimum Gasteiger partial charge on any atom is -0.397 e. The molecule has 0 bridgehead atoms. The quantitative estimate of drug-likeness (QED) is 0.757. The van der Waals surface area contributed by atoms with E-state index in [1.165, 1.54) is 0 Å². The molecule has 1 aromatic rings. The molecule has 0 saturated carbocycles. The Morgan fingerprint density at radius 2 is 1.81 bits per heavy atom. The maximum absolute atomic E-state index is 12.8. The fraction of sp³-hybridized carbons (Fsp3) is 0.562. The summed E-state index contributed by atoms with van der Waals surface area (Å²) in [7, 11) is 0. The molecule has 0 heterocycles.